The third-order valence-electron chi connectivity index (χ3n) is 9.52. The minimum atomic E-state index is -0.889. The van der Waals surface area contributed by atoms with Crippen LogP contribution in [0, 0.1) is 5.92 Å². The van der Waals surface area contributed by atoms with Gasteiger partial charge in [-0.15, -0.1) is 0 Å². The van der Waals surface area contributed by atoms with Crippen LogP contribution in [0.3, 0.4) is 0 Å². The summed E-state index contributed by atoms with van der Waals surface area (Å²) >= 11 is 6.09. The van der Waals surface area contributed by atoms with Crippen LogP contribution in [0.1, 0.15) is 87.0 Å². The summed E-state index contributed by atoms with van der Waals surface area (Å²) in [5.74, 6) is -0.0827. The Balaban J connectivity index is 1.25. The Morgan fingerprint density at radius 1 is 0.958 bits per heavy atom. The molecule has 0 bridgehead atoms. The third-order valence-corrected chi connectivity index (χ3v) is 9.78. The van der Waals surface area contributed by atoms with Crippen molar-refractivity contribution >= 4 is 29.1 Å². The summed E-state index contributed by atoms with van der Waals surface area (Å²) in [5.41, 5.74) is 3.34. The molecule has 258 valence electrons. The van der Waals surface area contributed by atoms with Crippen molar-refractivity contribution in [2.45, 2.75) is 83.1 Å². The number of hydrogen-bond acceptors (Lipinski definition) is 7. The molecular weight excluding hydrogens is 630 g/mol. The van der Waals surface area contributed by atoms with Crippen LogP contribution in [0.2, 0.25) is 5.02 Å². The van der Waals surface area contributed by atoms with Crippen molar-refractivity contribution in [1.29, 1.82) is 0 Å². The van der Waals surface area contributed by atoms with Crippen LogP contribution in [0.25, 0.3) is 0 Å². The Morgan fingerprint density at radius 2 is 1.69 bits per heavy atom. The average Bonchev–Trinajstić information content (AvgIpc) is 3.08. The lowest BCUT2D eigenvalue weighted by Gasteiger charge is -2.45. The summed E-state index contributed by atoms with van der Waals surface area (Å²) in [5, 5.41) is 27.5. The van der Waals surface area contributed by atoms with E-state index in [2.05, 4.69) is 22.5 Å². The highest BCUT2D eigenvalue weighted by atomic mass is 35.5. The maximum atomic E-state index is 12.7. The molecule has 4 atom stereocenters. The standard InChI is InChI=1S/C38H48ClN3O6/c1-26-34(24-42-21-18-38(46,19-22-42)31-14-16-32(39)17-15-31)47-37(48-36(26)29-12-10-28(25-43)11-13-29)30-7-6-8-33(23-30)41-35(45)9-4-3-5-20-40-27(2)44/h6-8,10-17,23,26,34,36-37,43,46H,3-5,9,18-22,24-25H2,1-2H3,(H,40,44)(H,41,45)/t26-,34+,36+,37+/m0/s1. The zero-order valence-electron chi connectivity index (χ0n) is 27.9. The van der Waals surface area contributed by atoms with Crippen molar-refractivity contribution in [2.75, 3.05) is 31.5 Å². The lowest BCUT2D eigenvalue weighted by molar-refractivity contribution is -0.277. The highest BCUT2D eigenvalue weighted by Gasteiger charge is 2.41. The fourth-order valence-corrected chi connectivity index (χ4v) is 6.70. The largest absolute Gasteiger partial charge is 0.392 e. The van der Waals surface area contributed by atoms with Gasteiger partial charge in [0.1, 0.15) is 0 Å². The summed E-state index contributed by atoms with van der Waals surface area (Å²) in [6.07, 6.45) is 2.97. The summed E-state index contributed by atoms with van der Waals surface area (Å²) < 4.78 is 13.3. The number of aliphatic hydroxyl groups is 2. The number of hydrogen-bond donors (Lipinski definition) is 4. The molecule has 9 nitrogen and oxygen atoms in total. The smallest absolute Gasteiger partial charge is 0.224 e. The van der Waals surface area contributed by atoms with E-state index in [0.717, 1.165) is 54.6 Å². The molecule has 0 saturated carbocycles. The highest BCUT2D eigenvalue weighted by Crippen LogP contribution is 2.43. The predicted octanol–water partition coefficient (Wildman–Crippen LogP) is 6.24. The maximum absolute atomic E-state index is 12.7. The maximum Gasteiger partial charge on any atom is 0.224 e. The van der Waals surface area contributed by atoms with E-state index < -0.39 is 11.9 Å². The monoisotopic (exact) mass is 677 g/mol. The van der Waals surface area contributed by atoms with Gasteiger partial charge in [0.2, 0.25) is 11.8 Å². The summed E-state index contributed by atoms with van der Waals surface area (Å²) in [4.78, 5) is 26.1. The number of carbonyl (C=O) groups excluding carboxylic acids is 2. The number of nitrogens with zero attached hydrogens (tertiary/aromatic N) is 1. The van der Waals surface area contributed by atoms with E-state index in [1.54, 1.807) is 0 Å². The molecule has 0 unspecified atom stereocenters. The molecule has 0 aromatic heterocycles. The zero-order chi connectivity index (χ0) is 34.1. The molecule has 2 amide bonds. The Bertz CT molecular complexity index is 1490. The molecule has 0 aliphatic carbocycles. The second-order valence-electron chi connectivity index (χ2n) is 13.1. The van der Waals surface area contributed by atoms with Gasteiger partial charge in [-0.25, -0.2) is 0 Å². The van der Waals surface area contributed by atoms with Crippen molar-refractivity contribution in [3.63, 3.8) is 0 Å². The van der Waals surface area contributed by atoms with Crippen molar-refractivity contribution in [1.82, 2.24) is 10.2 Å². The molecule has 0 radical (unpaired) electrons. The minimum Gasteiger partial charge on any atom is -0.392 e. The minimum absolute atomic E-state index is 0.0202. The second kappa shape index (κ2) is 16.9. The van der Waals surface area contributed by atoms with E-state index >= 15 is 0 Å². The number of piperidine rings is 1. The number of amides is 2. The molecule has 48 heavy (non-hydrogen) atoms. The van der Waals surface area contributed by atoms with Gasteiger partial charge in [0.25, 0.3) is 0 Å². The number of rotatable bonds is 13. The predicted molar refractivity (Wildman–Crippen MR) is 186 cm³/mol. The van der Waals surface area contributed by atoms with Gasteiger partial charge in [0.15, 0.2) is 6.29 Å². The number of unbranched alkanes of at least 4 members (excludes halogenated alkanes) is 2. The first-order chi connectivity index (χ1) is 23.1. The van der Waals surface area contributed by atoms with Gasteiger partial charge < -0.3 is 35.2 Å². The van der Waals surface area contributed by atoms with E-state index in [4.69, 9.17) is 21.1 Å². The SMILES string of the molecule is CC(=O)NCCCCCC(=O)Nc1cccc([C@@H]2O[C@H](CN3CCC(O)(c4ccc(Cl)cc4)CC3)[C@H](C)[C@H](c3ccc(CO)cc3)O2)c1. The lowest BCUT2D eigenvalue weighted by atomic mass is 9.84. The van der Waals surface area contributed by atoms with Gasteiger partial charge in [0, 0.05) is 61.7 Å². The fraction of sp³-hybridized carbons (Fsp3) is 0.474. The number of ether oxygens (including phenoxy) is 2. The van der Waals surface area contributed by atoms with Crippen LogP contribution in [-0.4, -0.2) is 59.2 Å². The second-order valence-corrected chi connectivity index (χ2v) is 13.6. The van der Waals surface area contributed by atoms with Crippen LogP contribution >= 0.6 is 11.6 Å². The molecule has 5 rings (SSSR count). The Kier molecular flexibility index (Phi) is 12.7. The van der Waals surface area contributed by atoms with Crippen molar-refractivity contribution in [3.05, 3.63) is 100 Å². The molecule has 4 N–H and O–H groups in total. The van der Waals surface area contributed by atoms with E-state index in [0.29, 0.717) is 43.1 Å². The van der Waals surface area contributed by atoms with Crippen molar-refractivity contribution < 1.29 is 29.3 Å². The molecular formula is C38H48ClN3O6. The third kappa shape index (κ3) is 9.65. The number of benzene rings is 3. The number of anilines is 1. The van der Waals surface area contributed by atoms with E-state index in [-0.39, 0.29) is 36.5 Å². The summed E-state index contributed by atoms with van der Waals surface area (Å²) in [6.45, 7) is 6.37. The van der Waals surface area contributed by atoms with E-state index in [1.165, 1.54) is 6.92 Å². The van der Waals surface area contributed by atoms with E-state index in [1.807, 2.05) is 72.8 Å². The van der Waals surface area contributed by atoms with Crippen LogP contribution < -0.4 is 10.6 Å². The van der Waals surface area contributed by atoms with Crippen LogP contribution in [-0.2, 0) is 31.3 Å². The highest BCUT2D eigenvalue weighted by molar-refractivity contribution is 6.30. The van der Waals surface area contributed by atoms with Crippen molar-refractivity contribution in [3.8, 4) is 0 Å². The van der Waals surface area contributed by atoms with Gasteiger partial charge in [-0.3, -0.25) is 9.59 Å². The fourth-order valence-electron chi connectivity index (χ4n) is 6.58. The number of likely N-dealkylation sites (tertiary alicyclic amines) is 1. The summed E-state index contributed by atoms with van der Waals surface area (Å²) in [6, 6.07) is 22.9. The molecule has 3 aromatic carbocycles. The number of aliphatic hydroxyl groups excluding tert-OH is 1. The normalized spacial score (nSPS) is 22.6. The molecule has 2 aliphatic rings. The first-order valence-corrected chi connectivity index (χ1v) is 17.4. The Morgan fingerprint density at radius 3 is 2.38 bits per heavy atom. The van der Waals surface area contributed by atoms with Crippen LogP contribution in [0.4, 0.5) is 5.69 Å². The Labute approximate surface area is 288 Å². The van der Waals surface area contributed by atoms with Gasteiger partial charge in [0.05, 0.1) is 24.4 Å². The number of halogens is 1. The molecule has 10 heteroatoms. The van der Waals surface area contributed by atoms with Gasteiger partial charge in [-0.2, -0.15) is 0 Å². The number of nitrogens with one attached hydrogen (secondary N) is 2. The van der Waals surface area contributed by atoms with E-state index in [9.17, 15) is 19.8 Å². The number of carbonyl (C=O) groups is 2. The topological polar surface area (TPSA) is 120 Å². The van der Waals surface area contributed by atoms with Gasteiger partial charge in [-0.05, 0) is 66.6 Å². The lowest BCUT2D eigenvalue weighted by Crippen LogP contribution is -2.49. The molecule has 3 aromatic rings. The van der Waals surface area contributed by atoms with Crippen LogP contribution in [0.5, 0.6) is 0 Å². The Hall–Kier alpha value is -3.31. The van der Waals surface area contributed by atoms with Gasteiger partial charge in [-0.1, -0.05) is 73.5 Å². The van der Waals surface area contributed by atoms with Crippen LogP contribution in [0.15, 0.2) is 72.8 Å². The van der Waals surface area contributed by atoms with Gasteiger partial charge >= 0.3 is 0 Å². The molecule has 2 saturated heterocycles. The average molecular weight is 678 g/mol. The molecule has 2 fully saturated rings. The van der Waals surface area contributed by atoms with Crippen molar-refractivity contribution in [2.24, 2.45) is 5.92 Å². The quantitative estimate of drug-likeness (QED) is 0.158. The first kappa shape index (κ1) is 36.0. The zero-order valence-corrected chi connectivity index (χ0v) is 28.6. The summed E-state index contributed by atoms with van der Waals surface area (Å²) in [7, 11) is 0. The molecule has 2 aliphatic heterocycles. The molecule has 0 spiro atoms. The first-order valence-electron chi connectivity index (χ1n) is 17.0. The molecule has 2 heterocycles.